The fraction of sp³-hybridized carbons (Fsp3) is 0.358. The van der Waals surface area contributed by atoms with Crippen LogP contribution in [0.1, 0.15) is 167 Å². The lowest BCUT2D eigenvalue weighted by Gasteiger charge is -2.30. The molecule has 0 unspecified atom stereocenters. The first-order chi connectivity index (χ1) is 45.1. The molecule has 92 heavy (non-hydrogen) atoms. The molecule has 11 heteroatoms. The van der Waals surface area contributed by atoms with Crippen molar-refractivity contribution in [2.75, 3.05) is 31.3 Å². The predicted molar refractivity (Wildman–Crippen MR) is 383 cm³/mol. The summed E-state index contributed by atoms with van der Waals surface area (Å²) >= 11 is 1.19. The van der Waals surface area contributed by atoms with Gasteiger partial charge < -0.3 is 28.3 Å². The van der Waals surface area contributed by atoms with Gasteiger partial charge in [0.15, 0.2) is 0 Å². The molecule has 2 aromatic heterocycles. The molecule has 0 atom stereocenters. The summed E-state index contributed by atoms with van der Waals surface area (Å²) in [6.07, 6.45) is 17.9. The Bertz CT molecular complexity index is 4180. The molecule has 0 radical (unpaired) electrons. The molecule has 0 saturated carbocycles. The van der Waals surface area contributed by atoms with Crippen molar-refractivity contribution in [2.24, 2.45) is 0 Å². The van der Waals surface area contributed by atoms with Crippen LogP contribution < -0.4 is 23.8 Å². The molecule has 0 fully saturated rings. The van der Waals surface area contributed by atoms with Crippen LogP contribution in [-0.2, 0) is 5.41 Å². The van der Waals surface area contributed by atoms with Gasteiger partial charge in [-0.3, -0.25) is 0 Å². The Hall–Kier alpha value is -8.54. The van der Waals surface area contributed by atoms with E-state index in [0.29, 0.717) is 43.7 Å². The summed E-state index contributed by atoms with van der Waals surface area (Å²) in [5, 5.41) is 13.4. The fourth-order valence-corrected chi connectivity index (χ4v) is 13.2. The number of unbranched alkanes of at least 4 members (excludes halogenated alkanes) is 12. The molecular weight excluding hydrogens is 1150 g/mol. The molecule has 0 aliphatic carbocycles. The summed E-state index contributed by atoms with van der Waals surface area (Å²) < 4.78 is 43.9. The van der Waals surface area contributed by atoms with E-state index in [1.54, 1.807) is 0 Å². The molecule has 0 aliphatic rings. The van der Waals surface area contributed by atoms with Gasteiger partial charge in [0.2, 0.25) is 11.8 Å². The van der Waals surface area contributed by atoms with Crippen LogP contribution in [0.4, 0.5) is 17.1 Å². The molecule has 476 valence electrons. The van der Waals surface area contributed by atoms with Crippen LogP contribution in [0.5, 0.6) is 23.0 Å². The Morgan fingerprint density at radius 2 is 0.804 bits per heavy atom. The van der Waals surface area contributed by atoms with Gasteiger partial charge in [0.1, 0.15) is 34.0 Å². The van der Waals surface area contributed by atoms with Crippen molar-refractivity contribution >= 4 is 61.4 Å². The highest BCUT2D eigenvalue weighted by molar-refractivity contribution is 7.00. The maximum Gasteiger partial charge on any atom is 0.250 e. The number of rotatable bonds is 33. The Labute approximate surface area is 549 Å². The van der Waals surface area contributed by atoms with E-state index in [1.165, 1.54) is 55.8 Å². The van der Waals surface area contributed by atoms with Crippen LogP contribution >= 0.6 is 11.7 Å². The summed E-state index contributed by atoms with van der Waals surface area (Å²) in [4.78, 5) is 2.31. The zero-order valence-corrected chi connectivity index (χ0v) is 56.2. The fourth-order valence-electron chi connectivity index (χ4n) is 12.7. The highest BCUT2D eigenvalue weighted by Crippen LogP contribution is 2.49. The number of hydrogen-bond acceptors (Lipinski definition) is 11. The van der Waals surface area contributed by atoms with E-state index in [9.17, 15) is 0 Å². The van der Waals surface area contributed by atoms with Crippen molar-refractivity contribution in [3.63, 3.8) is 0 Å². The van der Waals surface area contributed by atoms with Gasteiger partial charge in [-0.05, 0) is 141 Å². The standard InChI is InChI=1S/C81H91N5O5S/c1-9-13-17-24-52-87-75-57(6)32-43-67-66(75)46-44-64(76(67)88-53-25-18-14-10-2)58-33-35-60(36-34-58)79-82-83-80(91-79)70-49-50-71(74-73(70)84-92-85-74)81(7,8)72-51-48-68-69(78(72)90-55-27-20-16-12-4)47-45-65(77(68)89-54-26-19-15-11-3)59-37-41-63(42-38-59)86(61-28-22-21-23-29-61)62-39-30-56(5)31-40-62/h21-23,28-51H,9-20,24-27,52-55H2,1-8H3. The normalized spacial score (nSPS) is 11.7. The maximum absolute atomic E-state index is 7.10. The minimum Gasteiger partial charge on any atom is -0.493 e. The second-order valence-corrected chi connectivity index (χ2v) is 25.7. The average molecular weight is 1250 g/mol. The van der Waals surface area contributed by atoms with E-state index in [0.717, 1.165) is 181 Å². The molecule has 11 aromatic rings. The van der Waals surface area contributed by atoms with Crippen LogP contribution in [0.25, 0.3) is 77.7 Å². The molecule has 0 amide bonds. The van der Waals surface area contributed by atoms with Crippen LogP contribution in [0, 0.1) is 13.8 Å². The number of hydrogen-bond donors (Lipinski definition) is 0. The first-order valence-corrected chi connectivity index (χ1v) is 34.7. The number of benzene rings is 9. The third-order valence-electron chi connectivity index (χ3n) is 18.0. The SMILES string of the molecule is CCCCCCOc1c(C)ccc2c(OCCCCCC)c(-c3ccc(-c4nnc(-c5ccc(C(C)(C)c6ccc7c(OCCCCCC)c(-c8ccc(N(c9ccccc9)c9ccc(C)cc9)cc8)ccc7c6OCCCCCC)c6nsnc56)o4)cc3)ccc12. The van der Waals surface area contributed by atoms with Crippen molar-refractivity contribution < 1.29 is 23.4 Å². The summed E-state index contributed by atoms with van der Waals surface area (Å²) in [7, 11) is 0. The zero-order valence-electron chi connectivity index (χ0n) is 55.4. The van der Waals surface area contributed by atoms with Crippen molar-refractivity contribution in [3.8, 4) is 68.2 Å². The lowest BCUT2D eigenvalue weighted by atomic mass is 9.76. The molecule has 9 aromatic carbocycles. The molecule has 0 spiro atoms. The maximum atomic E-state index is 7.10. The highest BCUT2D eigenvalue weighted by atomic mass is 32.1. The van der Waals surface area contributed by atoms with Crippen LogP contribution in [0.2, 0.25) is 0 Å². The molecular formula is C81H91N5O5S. The molecule has 0 N–H and O–H groups in total. The van der Waals surface area contributed by atoms with Gasteiger partial charge in [-0.1, -0.05) is 209 Å². The Balaban J connectivity index is 0.904. The Morgan fingerprint density at radius 3 is 1.37 bits per heavy atom. The van der Waals surface area contributed by atoms with Crippen LogP contribution in [0.3, 0.4) is 0 Å². The van der Waals surface area contributed by atoms with E-state index in [-0.39, 0.29) is 0 Å². The third kappa shape index (κ3) is 14.7. The minimum atomic E-state index is -0.590. The molecule has 11 rings (SSSR count). The first kappa shape index (κ1) is 65.0. The summed E-state index contributed by atoms with van der Waals surface area (Å²) in [6, 6.07) is 58.4. The van der Waals surface area contributed by atoms with Gasteiger partial charge in [-0.15, -0.1) is 10.2 Å². The van der Waals surface area contributed by atoms with E-state index in [2.05, 4.69) is 222 Å². The van der Waals surface area contributed by atoms with Gasteiger partial charge in [0, 0.05) is 66.3 Å². The van der Waals surface area contributed by atoms with Crippen LogP contribution in [-0.4, -0.2) is 45.4 Å². The van der Waals surface area contributed by atoms with E-state index < -0.39 is 5.41 Å². The minimum absolute atomic E-state index is 0.382. The first-order valence-electron chi connectivity index (χ1n) is 34.0. The molecule has 10 nitrogen and oxygen atoms in total. The highest BCUT2D eigenvalue weighted by Gasteiger charge is 2.33. The third-order valence-corrected chi connectivity index (χ3v) is 18.5. The molecule has 0 saturated heterocycles. The van der Waals surface area contributed by atoms with Crippen LogP contribution in [0.15, 0.2) is 168 Å². The topological polar surface area (TPSA) is 105 Å². The summed E-state index contributed by atoms with van der Waals surface area (Å²) in [6.45, 7) is 20.3. The van der Waals surface area contributed by atoms with Gasteiger partial charge in [0.05, 0.1) is 43.7 Å². The van der Waals surface area contributed by atoms with E-state index >= 15 is 0 Å². The smallest absolute Gasteiger partial charge is 0.250 e. The monoisotopic (exact) mass is 1250 g/mol. The lowest BCUT2D eigenvalue weighted by molar-refractivity contribution is 0.301. The molecule has 2 heterocycles. The number of fused-ring (bicyclic) bond motifs is 3. The van der Waals surface area contributed by atoms with E-state index in [4.69, 9.17) is 32.1 Å². The number of aryl methyl sites for hydroxylation is 2. The number of anilines is 3. The van der Waals surface area contributed by atoms with Gasteiger partial charge in [-0.2, -0.15) is 8.75 Å². The molecule has 0 bridgehead atoms. The Kier molecular flexibility index (Phi) is 22.0. The quantitative estimate of drug-likeness (QED) is 0.0369. The second-order valence-electron chi connectivity index (χ2n) is 25.2. The number of aromatic nitrogens is 4. The van der Waals surface area contributed by atoms with Crippen molar-refractivity contribution in [2.45, 2.75) is 164 Å². The summed E-state index contributed by atoms with van der Waals surface area (Å²) in [5.74, 6) is 4.36. The lowest BCUT2D eigenvalue weighted by Crippen LogP contribution is -2.21. The Morgan fingerprint density at radius 1 is 0.380 bits per heavy atom. The second kappa shape index (κ2) is 31.2. The number of para-hydroxylation sites is 1. The van der Waals surface area contributed by atoms with Gasteiger partial charge in [0.25, 0.3) is 0 Å². The van der Waals surface area contributed by atoms with Crippen molar-refractivity contribution in [1.82, 2.24) is 18.9 Å². The average Bonchev–Trinajstić information content (AvgIpc) is 0.998. The van der Waals surface area contributed by atoms with Crippen molar-refractivity contribution in [3.05, 3.63) is 186 Å². The van der Waals surface area contributed by atoms with E-state index in [1.807, 2.05) is 12.1 Å². The predicted octanol–water partition coefficient (Wildman–Crippen LogP) is 23.3. The van der Waals surface area contributed by atoms with Gasteiger partial charge in [-0.25, -0.2) is 0 Å². The number of nitrogens with zero attached hydrogens (tertiary/aromatic N) is 5. The van der Waals surface area contributed by atoms with Crippen molar-refractivity contribution in [1.29, 1.82) is 0 Å². The zero-order chi connectivity index (χ0) is 63.8. The van der Waals surface area contributed by atoms with Gasteiger partial charge >= 0.3 is 0 Å². The molecule has 0 aliphatic heterocycles. The summed E-state index contributed by atoms with van der Waals surface area (Å²) in [5.41, 5.74) is 14.4. The largest absolute Gasteiger partial charge is 0.493 e. The number of ether oxygens (including phenoxy) is 4.